The number of hydrogen-bond donors (Lipinski definition) is 5. The fourth-order valence-electron chi connectivity index (χ4n) is 3.23. The van der Waals surface area contributed by atoms with Crippen molar-refractivity contribution in [3.05, 3.63) is 0 Å². The number of hydrogen-bond acceptors (Lipinski definition) is 5. The predicted molar refractivity (Wildman–Crippen MR) is 68.2 cm³/mol. The van der Waals surface area contributed by atoms with Crippen molar-refractivity contribution in [2.24, 2.45) is 23.5 Å². The van der Waals surface area contributed by atoms with Crippen LogP contribution in [0.1, 0.15) is 12.8 Å². The summed E-state index contributed by atoms with van der Waals surface area (Å²) in [4.78, 5) is 34.0. The molecule has 8 nitrogen and oxygen atoms in total. The third kappa shape index (κ3) is 2.34. The van der Waals surface area contributed by atoms with Crippen LogP contribution in [0.15, 0.2) is 0 Å². The molecule has 2 fully saturated rings. The number of aliphatic carboxylic acids is 2. The fraction of sp³-hybridized carbons (Fsp3) is 0.727. The van der Waals surface area contributed by atoms with Crippen LogP contribution in [-0.2, 0) is 14.4 Å². The Morgan fingerprint density at radius 2 is 1.90 bits per heavy atom. The van der Waals surface area contributed by atoms with Gasteiger partial charge >= 0.3 is 11.9 Å². The van der Waals surface area contributed by atoms with Gasteiger partial charge in [0.15, 0.2) is 0 Å². The fourth-order valence-corrected chi connectivity index (χ4v) is 3.23. The summed E-state index contributed by atoms with van der Waals surface area (Å²) in [5.74, 6) is -5.29. The zero-order valence-electron chi connectivity index (χ0n) is 10.5. The number of carbonyl (C=O) groups is 3. The van der Waals surface area contributed by atoms with Crippen molar-refractivity contribution in [2.45, 2.75) is 24.5 Å². The highest BCUT2D eigenvalue weighted by Gasteiger charge is 2.75. The number of carboxylic acids is 2. The van der Waals surface area contributed by atoms with E-state index in [1.807, 2.05) is 0 Å². The Hall–Kier alpha value is -1.38. The maximum absolute atomic E-state index is 11.6. The molecule has 2 rings (SSSR count). The van der Waals surface area contributed by atoms with Gasteiger partial charge in [0.25, 0.3) is 0 Å². The molecule has 0 bridgehead atoms. The van der Waals surface area contributed by atoms with E-state index in [2.05, 4.69) is 5.32 Å². The molecule has 20 heavy (non-hydrogen) atoms. The molecule has 0 aromatic carbocycles. The van der Waals surface area contributed by atoms with Gasteiger partial charge in [0.05, 0.1) is 12.0 Å². The Kier molecular flexibility index (Phi) is 4.62. The summed E-state index contributed by atoms with van der Waals surface area (Å²) < 4.78 is 0. The summed E-state index contributed by atoms with van der Waals surface area (Å²) in [5, 5.41) is 30.5. The van der Waals surface area contributed by atoms with Gasteiger partial charge in [-0.05, 0) is 0 Å². The molecule has 1 unspecified atom stereocenters. The van der Waals surface area contributed by atoms with Crippen molar-refractivity contribution in [2.75, 3.05) is 6.54 Å². The van der Waals surface area contributed by atoms with Gasteiger partial charge in [0.2, 0.25) is 5.91 Å². The summed E-state index contributed by atoms with van der Waals surface area (Å²) in [5.41, 5.74) is 3.52. The standard InChI is InChI=1S/C11H16N2O6.ClH/c12-2-1-5(15)13-11(10(18)19)3-4(14)6-7(8(6)11)9(16)17;/h4,6-8,14H,1-3,12H2,(H,13,15)(H,16,17)(H,18,19);1H/t4-,6?,7-,8-,11-;/m0./s1. The number of halogens is 1. The second-order valence-corrected chi connectivity index (χ2v) is 5.10. The van der Waals surface area contributed by atoms with E-state index in [4.69, 9.17) is 10.8 Å². The number of nitrogens with one attached hydrogen (secondary N) is 1. The molecule has 0 spiro atoms. The lowest BCUT2D eigenvalue weighted by atomic mass is 9.89. The van der Waals surface area contributed by atoms with E-state index >= 15 is 0 Å². The Morgan fingerprint density at radius 1 is 1.30 bits per heavy atom. The molecule has 1 amide bonds. The van der Waals surface area contributed by atoms with E-state index in [0.717, 1.165) is 0 Å². The molecule has 0 aromatic heterocycles. The first-order valence-corrected chi connectivity index (χ1v) is 6.00. The molecule has 0 radical (unpaired) electrons. The molecule has 0 aromatic rings. The Morgan fingerprint density at radius 3 is 2.30 bits per heavy atom. The van der Waals surface area contributed by atoms with E-state index < -0.39 is 47.2 Å². The van der Waals surface area contributed by atoms with Crippen LogP contribution in [-0.4, -0.2) is 51.4 Å². The van der Waals surface area contributed by atoms with Crippen molar-refractivity contribution in [1.29, 1.82) is 0 Å². The van der Waals surface area contributed by atoms with E-state index in [9.17, 15) is 24.6 Å². The average molecular weight is 309 g/mol. The number of aliphatic hydroxyl groups excluding tert-OH is 1. The summed E-state index contributed by atoms with van der Waals surface area (Å²) in [7, 11) is 0. The van der Waals surface area contributed by atoms with E-state index in [-0.39, 0.29) is 31.8 Å². The van der Waals surface area contributed by atoms with Gasteiger partial charge in [0, 0.05) is 31.2 Å². The van der Waals surface area contributed by atoms with E-state index in [0.29, 0.717) is 0 Å². The minimum atomic E-state index is -1.70. The highest BCUT2D eigenvalue weighted by molar-refractivity contribution is 5.91. The van der Waals surface area contributed by atoms with Crippen molar-refractivity contribution < 1.29 is 29.7 Å². The molecule has 2 aliphatic carbocycles. The van der Waals surface area contributed by atoms with Crippen LogP contribution in [0.4, 0.5) is 0 Å². The number of rotatable bonds is 5. The number of amides is 1. The number of carboxylic acid groups (broad SMARTS) is 2. The van der Waals surface area contributed by atoms with Crippen molar-refractivity contribution >= 4 is 30.3 Å². The van der Waals surface area contributed by atoms with Crippen LogP contribution >= 0.6 is 12.4 Å². The van der Waals surface area contributed by atoms with Gasteiger partial charge in [0.1, 0.15) is 5.54 Å². The Bertz CT molecular complexity index is 445. The number of aliphatic hydroxyl groups is 1. The number of fused-ring (bicyclic) bond motifs is 1. The van der Waals surface area contributed by atoms with Gasteiger partial charge in [-0.2, -0.15) is 0 Å². The quantitative estimate of drug-likeness (QED) is 0.411. The summed E-state index contributed by atoms with van der Waals surface area (Å²) in [6.07, 6.45) is -1.24. The third-order valence-corrected chi connectivity index (χ3v) is 4.02. The largest absolute Gasteiger partial charge is 0.481 e. The molecular formula is C11H17ClN2O6. The second kappa shape index (κ2) is 5.55. The third-order valence-electron chi connectivity index (χ3n) is 4.02. The van der Waals surface area contributed by atoms with Crippen LogP contribution in [0.25, 0.3) is 0 Å². The summed E-state index contributed by atoms with van der Waals surface area (Å²) >= 11 is 0. The van der Waals surface area contributed by atoms with Crippen molar-refractivity contribution in [1.82, 2.24) is 5.32 Å². The molecule has 0 aliphatic heterocycles. The average Bonchev–Trinajstić information content (AvgIpc) is 2.97. The SMILES string of the molecule is Cl.NCCC(=O)N[C@@]1(C(=O)O)C[C@H](O)C2[C@H](C(=O)O)[C@H]21. The molecule has 0 heterocycles. The maximum Gasteiger partial charge on any atom is 0.329 e. The lowest BCUT2D eigenvalue weighted by molar-refractivity contribution is -0.150. The van der Waals surface area contributed by atoms with Crippen molar-refractivity contribution in [3.8, 4) is 0 Å². The van der Waals surface area contributed by atoms with Gasteiger partial charge in [-0.3, -0.25) is 9.59 Å². The number of carbonyl (C=O) groups excluding carboxylic acids is 1. The van der Waals surface area contributed by atoms with Crippen LogP contribution < -0.4 is 11.1 Å². The highest BCUT2D eigenvalue weighted by Crippen LogP contribution is 2.62. The molecule has 114 valence electrons. The van der Waals surface area contributed by atoms with Gasteiger partial charge in [-0.25, -0.2) is 4.79 Å². The monoisotopic (exact) mass is 308 g/mol. The molecule has 5 atom stereocenters. The minimum absolute atomic E-state index is 0. The summed E-state index contributed by atoms with van der Waals surface area (Å²) in [6.45, 7) is 0.0700. The normalized spacial score (nSPS) is 37.5. The lowest BCUT2D eigenvalue weighted by Crippen LogP contribution is -2.56. The Balaban J connectivity index is 0.00000200. The smallest absolute Gasteiger partial charge is 0.329 e. The van der Waals surface area contributed by atoms with Gasteiger partial charge in [-0.15, -0.1) is 12.4 Å². The number of nitrogens with two attached hydrogens (primary N) is 1. The highest BCUT2D eigenvalue weighted by atomic mass is 35.5. The molecule has 6 N–H and O–H groups in total. The zero-order chi connectivity index (χ0) is 14.4. The maximum atomic E-state index is 11.6. The first kappa shape index (κ1) is 16.7. The Labute approximate surface area is 120 Å². The van der Waals surface area contributed by atoms with Gasteiger partial charge in [-0.1, -0.05) is 0 Å². The molecule has 9 heteroatoms. The van der Waals surface area contributed by atoms with Crippen molar-refractivity contribution in [3.63, 3.8) is 0 Å². The van der Waals surface area contributed by atoms with Crippen LogP contribution in [0.2, 0.25) is 0 Å². The molecule has 2 aliphatic rings. The zero-order valence-corrected chi connectivity index (χ0v) is 11.3. The predicted octanol–water partition coefficient (Wildman–Crippen LogP) is -1.59. The second-order valence-electron chi connectivity index (χ2n) is 5.10. The van der Waals surface area contributed by atoms with E-state index in [1.165, 1.54) is 0 Å². The lowest BCUT2D eigenvalue weighted by Gasteiger charge is -2.29. The summed E-state index contributed by atoms with van der Waals surface area (Å²) in [6, 6.07) is 0. The van der Waals surface area contributed by atoms with Crippen LogP contribution in [0, 0.1) is 17.8 Å². The molecular weight excluding hydrogens is 292 g/mol. The molecule has 2 saturated carbocycles. The molecule has 0 saturated heterocycles. The van der Waals surface area contributed by atoms with E-state index in [1.54, 1.807) is 0 Å². The van der Waals surface area contributed by atoms with Crippen LogP contribution in [0.3, 0.4) is 0 Å². The first-order valence-electron chi connectivity index (χ1n) is 6.00. The van der Waals surface area contributed by atoms with Crippen LogP contribution in [0.5, 0.6) is 0 Å². The topological polar surface area (TPSA) is 150 Å². The van der Waals surface area contributed by atoms with Gasteiger partial charge < -0.3 is 26.4 Å². The minimum Gasteiger partial charge on any atom is -0.481 e. The first-order chi connectivity index (χ1) is 8.85.